The summed E-state index contributed by atoms with van der Waals surface area (Å²) in [5.41, 5.74) is 9.46. The van der Waals surface area contributed by atoms with Crippen molar-refractivity contribution in [2.45, 2.75) is 37.3 Å². The number of hydrogen-bond acceptors (Lipinski definition) is 5. The predicted octanol–water partition coefficient (Wildman–Crippen LogP) is 1.24. The molecule has 8 heteroatoms. The molecule has 2 unspecified atom stereocenters. The summed E-state index contributed by atoms with van der Waals surface area (Å²) in [6, 6.07) is 3.31. The second-order valence-electron chi connectivity index (χ2n) is 5.23. The minimum atomic E-state index is -1.12. The van der Waals surface area contributed by atoms with E-state index >= 15 is 0 Å². The third-order valence-electron chi connectivity index (χ3n) is 3.65. The number of amides is 1. The molecule has 0 aliphatic heterocycles. The van der Waals surface area contributed by atoms with Gasteiger partial charge < -0.3 is 16.2 Å². The molecule has 2 atom stereocenters. The number of benzene rings is 1. The van der Waals surface area contributed by atoms with E-state index in [4.69, 9.17) is 16.2 Å². The number of hydrogen-bond donors (Lipinski definition) is 2. The highest BCUT2D eigenvalue weighted by Gasteiger charge is 2.38. The molecule has 1 amide bonds. The van der Waals surface area contributed by atoms with Gasteiger partial charge in [-0.3, -0.25) is 14.9 Å². The van der Waals surface area contributed by atoms with Gasteiger partial charge >= 0.3 is 5.69 Å². The molecule has 0 bridgehead atoms. The second-order valence-corrected chi connectivity index (χ2v) is 5.23. The molecule has 1 aromatic rings. The van der Waals surface area contributed by atoms with E-state index in [-0.39, 0.29) is 18.3 Å². The summed E-state index contributed by atoms with van der Waals surface area (Å²) in [4.78, 5) is 21.1. The summed E-state index contributed by atoms with van der Waals surface area (Å²) in [7, 11) is 0. The fourth-order valence-electron chi connectivity index (χ4n) is 2.48. The van der Waals surface area contributed by atoms with Crippen LogP contribution in [0.5, 0.6) is 5.75 Å². The number of nitrogens with two attached hydrogens (primary N) is 2. The van der Waals surface area contributed by atoms with Gasteiger partial charge in [0, 0.05) is 18.6 Å². The Bertz CT molecular complexity index is 581. The second kappa shape index (κ2) is 5.65. The van der Waals surface area contributed by atoms with Crippen molar-refractivity contribution in [1.82, 2.24) is 0 Å². The van der Waals surface area contributed by atoms with Crippen molar-refractivity contribution >= 4 is 11.6 Å². The number of nitro benzene ring substituents is 1. The van der Waals surface area contributed by atoms with Gasteiger partial charge in [0.15, 0.2) is 0 Å². The van der Waals surface area contributed by atoms with Gasteiger partial charge in [-0.2, -0.15) is 4.39 Å². The Hall–Kier alpha value is -2.22. The molecule has 114 valence electrons. The third kappa shape index (κ3) is 3.27. The molecule has 21 heavy (non-hydrogen) atoms. The number of primary amides is 1. The van der Waals surface area contributed by atoms with Crippen LogP contribution in [0.3, 0.4) is 0 Å². The van der Waals surface area contributed by atoms with Crippen LogP contribution in [0.25, 0.3) is 0 Å². The lowest BCUT2D eigenvalue weighted by Crippen LogP contribution is -2.56. The Kier molecular flexibility index (Phi) is 4.08. The van der Waals surface area contributed by atoms with E-state index in [0.29, 0.717) is 19.3 Å². The summed E-state index contributed by atoms with van der Waals surface area (Å²) in [6.07, 6.45) is 1.67. The van der Waals surface area contributed by atoms with E-state index in [1.807, 2.05) is 0 Å². The van der Waals surface area contributed by atoms with E-state index in [9.17, 15) is 19.3 Å². The lowest BCUT2D eigenvalue weighted by atomic mass is 9.80. The average Bonchev–Trinajstić information content (AvgIpc) is 2.38. The number of nitro groups is 1. The Morgan fingerprint density at radius 3 is 2.81 bits per heavy atom. The van der Waals surface area contributed by atoms with Gasteiger partial charge in [-0.15, -0.1) is 0 Å². The minimum Gasteiger partial charge on any atom is -0.490 e. The largest absolute Gasteiger partial charge is 0.490 e. The van der Waals surface area contributed by atoms with Gasteiger partial charge in [0.25, 0.3) is 0 Å². The van der Waals surface area contributed by atoms with Crippen LogP contribution >= 0.6 is 0 Å². The van der Waals surface area contributed by atoms with E-state index < -0.39 is 27.9 Å². The van der Waals surface area contributed by atoms with Crippen LogP contribution in [0.1, 0.15) is 25.7 Å². The highest BCUT2D eigenvalue weighted by atomic mass is 19.1. The van der Waals surface area contributed by atoms with Crippen molar-refractivity contribution in [3.05, 3.63) is 34.1 Å². The molecule has 1 fully saturated rings. The first kappa shape index (κ1) is 15.2. The molecule has 1 aromatic carbocycles. The summed E-state index contributed by atoms with van der Waals surface area (Å²) in [5, 5.41) is 10.5. The van der Waals surface area contributed by atoms with Crippen LogP contribution in [0.2, 0.25) is 0 Å². The van der Waals surface area contributed by atoms with E-state index in [2.05, 4.69) is 0 Å². The molecule has 0 heterocycles. The van der Waals surface area contributed by atoms with Crippen molar-refractivity contribution in [3.8, 4) is 5.75 Å². The fourth-order valence-corrected chi connectivity index (χ4v) is 2.48. The number of ether oxygens (including phenoxy) is 1. The van der Waals surface area contributed by atoms with Gasteiger partial charge in [-0.1, -0.05) is 0 Å². The van der Waals surface area contributed by atoms with E-state index in [0.717, 1.165) is 12.1 Å². The Balaban J connectivity index is 2.10. The maximum atomic E-state index is 13.5. The van der Waals surface area contributed by atoms with E-state index in [1.165, 1.54) is 6.07 Å². The molecule has 0 saturated heterocycles. The summed E-state index contributed by atoms with van der Waals surface area (Å²) >= 11 is 0. The highest BCUT2D eigenvalue weighted by Crippen LogP contribution is 2.30. The molecule has 1 saturated carbocycles. The van der Waals surface area contributed by atoms with Crippen LogP contribution in [0.15, 0.2) is 18.2 Å². The number of carbonyl (C=O) groups excluding carboxylic acids is 1. The van der Waals surface area contributed by atoms with Crippen LogP contribution in [-0.2, 0) is 4.79 Å². The first-order valence-electron chi connectivity index (χ1n) is 6.51. The Morgan fingerprint density at radius 2 is 2.24 bits per heavy atom. The monoisotopic (exact) mass is 297 g/mol. The molecule has 1 aliphatic rings. The van der Waals surface area contributed by atoms with Crippen LogP contribution in [-0.4, -0.2) is 22.5 Å². The molecule has 0 radical (unpaired) electrons. The lowest BCUT2D eigenvalue weighted by Gasteiger charge is -2.35. The quantitative estimate of drug-likeness (QED) is 0.639. The number of rotatable bonds is 4. The van der Waals surface area contributed by atoms with Crippen molar-refractivity contribution < 1.29 is 18.8 Å². The Labute approximate surface area is 120 Å². The van der Waals surface area contributed by atoms with Crippen molar-refractivity contribution in [2.24, 2.45) is 11.5 Å². The van der Waals surface area contributed by atoms with Crippen molar-refractivity contribution in [3.63, 3.8) is 0 Å². The summed E-state index contributed by atoms with van der Waals surface area (Å²) < 4.78 is 19.1. The normalized spacial score (nSPS) is 25.3. The van der Waals surface area contributed by atoms with Crippen LogP contribution in [0.4, 0.5) is 10.1 Å². The maximum absolute atomic E-state index is 13.5. The molecule has 0 aromatic heterocycles. The van der Waals surface area contributed by atoms with Gasteiger partial charge in [-0.05, 0) is 25.3 Å². The molecular weight excluding hydrogens is 281 g/mol. The first-order valence-corrected chi connectivity index (χ1v) is 6.51. The zero-order valence-corrected chi connectivity index (χ0v) is 11.3. The van der Waals surface area contributed by atoms with Gasteiger partial charge in [0.2, 0.25) is 11.7 Å². The highest BCUT2D eigenvalue weighted by molar-refractivity contribution is 5.84. The third-order valence-corrected chi connectivity index (χ3v) is 3.65. The van der Waals surface area contributed by atoms with Crippen LogP contribution in [0, 0.1) is 15.9 Å². The van der Waals surface area contributed by atoms with Crippen LogP contribution < -0.4 is 16.2 Å². The molecule has 1 aliphatic carbocycles. The maximum Gasteiger partial charge on any atom is 0.305 e. The number of halogens is 1. The zero-order chi connectivity index (χ0) is 15.6. The number of carbonyl (C=O) groups is 1. The lowest BCUT2D eigenvalue weighted by molar-refractivity contribution is -0.387. The van der Waals surface area contributed by atoms with E-state index in [1.54, 1.807) is 0 Å². The fraction of sp³-hybridized carbons (Fsp3) is 0.462. The molecule has 4 N–H and O–H groups in total. The number of nitrogens with zero attached hydrogens (tertiary/aromatic N) is 1. The Morgan fingerprint density at radius 1 is 1.52 bits per heavy atom. The SMILES string of the molecule is NC(=O)C1(N)CCCC(Oc2ccc([N+](=O)[O-])c(F)c2)C1. The average molecular weight is 297 g/mol. The van der Waals surface area contributed by atoms with Crippen molar-refractivity contribution in [2.75, 3.05) is 0 Å². The standard InChI is InChI=1S/C13H16FN3O4/c14-10-6-8(3-4-11(10)17(19)20)21-9-2-1-5-13(16,7-9)12(15)18/h3-4,6,9H,1-2,5,7,16H2,(H2,15,18). The molecule has 7 nitrogen and oxygen atoms in total. The minimum absolute atomic E-state index is 0.164. The summed E-state index contributed by atoms with van der Waals surface area (Å²) in [5.74, 6) is -1.40. The van der Waals surface area contributed by atoms with Gasteiger partial charge in [0.1, 0.15) is 11.9 Å². The molecule has 0 spiro atoms. The zero-order valence-electron chi connectivity index (χ0n) is 11.3. The molecular formula is C13H16FN3O4. The van der Waals surface area contributed by atoms with Crippen molar-refractivity contribution in [1.29, 1.82) is 0 Å². The predicted molar refractivity (Wildman–Crippen MR) is 72.1 cm³/mol. The molecule has 2 rings (SSSR count). The van der Waals surface area contributed by atoms with Gasteiger partial charge in [0.05, 0.1) is 10.5 Å². The summed E-state index contributed by atoms with van der Waals surface area (Å²) in [6.45, 7) is 0. The topological polar surface area (TPSA) is 121 Å². The first-order chi connectivity index (χ1) is 9.82. The smallest absolute Gasteiger partial charge is 0.305 e. The van der Waals surface area contributed by atoms with Gasteiger partial charge in [-0.25, -0.2) is 0 Å².